The van der Waals surface area contributed by atoms with Crippen LogP contribution in [0, 0.1) is 12.7 Å². The molecular weight excluding hydrogens is 269 g/mol. The summed E-state index contributed by atoms with van der Waals surface area (Å²) in [5, 5.41) is 7.09. The lowest BCUT2D eigenvalue weighted by Crippen LogP contribution is -2.18. The number of fused-ring (bicyclic) bond motifs is 1. The summed E-state index contributed by atoms with van der Waals surface area (Å²) >= 11 is 0. The normalized spacial score (nSPS) is 10.8. The molecule has 5 heteroatoms. The van der Waals surface area contributed by atoms with Crippen LogP contribution in [0.5, 0.6) is 0 Å². The maximum atomic E-state index is 13.1. The van der Waals surface area contributed by atoms with Crippen molar-refractivity contribution in [3.05, 3.63) is 59.5 Å². The summed E-state index contributed by atoms with van der Waals surface area (Å²) < 4.78 is 14.7. The molecule has 0 bridgehead atoms. The van der Waals surface area contributed by atoms with Crippen LogP contribution in [0.15, 0.2) is 42.6 Å². The first-order chi connectivity index (χ1) is 10.1. The first-order valence-electron chi connectivity index (χ1n) is 6.57. The van der Waals surface area contributed by atoms with Gasteiger partial charge >= 0.3 is 0 Å². The summed E-state index contributed by atoms with van der Waals surface area (Å²) in [5.41, 5.74) is 3.51. The minimum Gasteiger partial charge on any atom is -0.355 e. The van der Waals surface area contributed by atoms with Crippen LogP contribution in [0.3, 0.4) is 0 Å². The van der Waals surface area contributed by atoms with Gasteiger partial charge in [0, 0.05) is 18.8 Å². The molecule has 3 rings (SSSR count). The number of benzene rings is 1. The number of aryl methyl sites for hydroxylation is 1. The van der Waals surface area contributed by atoms with Gasteiger partial charge in [0.05, 0.1) is 11.1 Å². The Kier molecular flexibility index (Phi) is 3.17. The van der Waals surface area contributed by atoms with Gasteiger partial charge in [-0.15, -0.1) is 0 Å². The van der Waals surface area contributed by atoms with Crippen LogP contribution in [0.4, 0.5) is 4.39 Å². The monoisotopic (exact) mass is 283 g/mol. The number of rotatable bonds is 2. The van der Waals surface area contributed by atoms with E-state index in [1.54, 1.807) is 23.7 Å². The van der Waals surface area contributed by atoms with Gasteiger partial charge in [-0.25, -0.2) is 8.91 Å². The lowest BCUT2D eigenvalue weighted by Gasteiger charge is -2.02. The molecule has 1 N–H and O–H groups in total. The van der Waals surface area contributed by atoms with E-state index < -0.39 is 0 Å². The third kappa shape index (κ3) is 2.27. The second-order valence-corrected chi connectivity index (χ2v) is 4.84. The molecule has 0 unspecified atom stereocenters. The Hall–Kier alpha value is -2.69. The fourth-order valence-corrected chi connectivity index (χ4v) is 2.31. The molecule has 0 aliphatic heterocycles. The highest BCUT2D eigenvalue weighted by atomic mass is 19.1. The number of halogens is 1. The molecule has 0 saturated carbocycles. The average Bonchev–Trinajstić information content (AvgIpc) is 2.85. The molecule has 0 atom stereocenters. The highest BCUT2D eigenvalue weighted by molar-refractivity contribution is 6.06. The summed E-state index contributed by atoms with van der Waals surface area (Å²) in [7, 11) is 1.58. The number of carbonyl (C=O) groups is 1. The van der Waals surface area contributed by atoms with Gasteiger partial charge in [-0.2, -0.15) is 5.10 Å². The first kappa shape index (κ1) is 13.3. The van der Waals surface area contributed by atoms with Crippen molar-refractivity contribution >= 4 is 11.4 Å². The molecule has 0 radical (unpaired) electrons. The summed E-state index contributed by atoms with van der Waals surface area (Å²) in [6, 6.07) is 9.79. The van der Waals surface area contributed by atoms with E-state index in [1.165, 1.54) is 12.1 Å². The molecule has 0 aliphatic carbocycles. The van der Waals surface area contributed by atoms with E-state index in [1.807, 2.05) is 25.3 Å². The van der Waals surface area contributed by atoms with Crippen molar-refractivity contribution in [2.24, 2.45) is 0 Å². The van der Waals surface area contributed by atoms with Crippen LogP contribution in [-0.2, 0) is 0 Å². The van der Waals surface area contributed by atoms with E-state index in [2.05, 4.69) is 10.4 Å². The molecule has 2 aromatic heterocycles. The van der Waals surface area contributed by atoms with E-state index in [0.29, 0.717) is 16.8 Å². The van der Waals surface area contributed by atoms with Crippen LogP contribution < -0.4 is 5.32 Å². The highest BCUT2D eigenvalue weighted by Crippen LogP contribution is 2.26. The van der Waals surface area contributed by atoms with Crippen molar-refractivity contribution in [3.63, 3.8) is 0 Å². The van der Waals surface area contributed by atoms with Crippen LogP contribution >= 0.6 is 0 Å². The first-order valence-corrected chi connectivity index (χ1v) is 6.57. The summed E-state index contributed by atoms with van der Waals surface area (Å²) in [4.78, 5) is 12.2. The van der Waals surface area contributed by atoms with Crippen LogP contribution in [0.1, 0.15) is 15.9 Å². The van der Waals surface area contributed by atoms with Gasteiger partial charge in [0.1, 0.15) is 11.5 Å². The zero-order chi connectivity index (χ0) is 15.0. The Bertz CT molecular complexity index is 821. The molecule has 3 aromatic rings. The van der Waals surface area contributed by atoms with Gasteiger partial charge in [-0.05, 0) is 48.9 Å². The topological polar surface area (TPSA) is 46.4 Å². The molecule has 0 aliphatic rings. The number of pyridine rings is 1. The summed E-state index contributed by atoms with van der Waals surface area (Å²) in [6.07, 6.45) is 1.81. The summed E-state index contributed by atoms with van der Waals surface area (Å²) in [6.45, 7) is 1.96. The van der Waals surface area contributed by atoms with Crippen molar-refractivity contribution in [3.8, 4) is 11.3 Å². The van der Waals surface area contributed by atoms with Gasteiger partial charge in [-0.3, -0.25) is 4.79 Å². The second-order valence-electron chi connectivity index (χ2n) is 4.84. The maximum Gasteiger partial charge on any atom is 0.255 e. The van der Waals surface area contributed by atoms with Crippen molar-refractivity contribution < 1.29 is 9.18 Å². The maximum absolute atomic E-state index is 13.1. The fourth-order valence-electron chi connectivity index (χ4n) is 2.31. The third-order valence-corrected chi connectivity index (χ3v) is 3.36. The Balaban J connectivity index is 2.30. The zero-order valence-electron chi connectivity index (χ0n) is 11.7. The van der Waals surface area contributed by atoms with E-state index in [9.17, 15) is 9.18 Å². The predicted molar refractivity (Wildman–Crippen MR) is 78.7 cm³/mol. The van der Waals surface area contributed by atoms with E-state index in [0.717, 1.165) is 11.1 Å². The van der Waals surface area contributed by atoms with Crippen molar-refractivity contribution in [1.82, 2.24) is 14.9 Å². The Labute approximate surface area is 121 Å². The molecule has 4 nitrogen and oxygen atoms in total. The summed E-state index contributed by atoms with van der Waals surface area (Å²) in [5.74, 6) is -0.533. The standard InChI is InChI=1S/C16H14FN3O/c1-10-7-8-20-13(9-10)14(16(21)18-2)15(19-20)11-3-5-12(17)6-4-11/h3-9H,1-2H3,(H,18,21). The SMILES string of the molecule is CNC(=O)c1c(-c2ccc(F)cc2)nn2ccc(C)cc12. The largest absolute Gasteiger partial charge is 0.355 e. The van der Waals surface area contributed by atoms with E-state index in [-0.39, 0.29) is 11.7 Å². The van der Waals surface area contributed by atoms with E-state index >= 15 is 0 Å². The smallest absolute Gasteiger partial charge is 0.255 e. The third-order valence-electron chi connectivity index (χ3n) is 3.36. The van der Waals surface area contributed by atoms with Crippen LogP contribution in [0.2, 0.25) is 0 Å². The molecule has 106 valence electrons. The second kappa shape index (κ2) is 5.01. The Morgan fingerprint density at radius 3 is 2.62 bits per heavy atom. The Morgan fingerprint density at radius 2 is 1.95 bits per heavy atom. The number of amides is 1. The van der Waals surface area contributed by atoms with Gasteiger partial charge < -0.3 is 5.32 Å². The molecule has 21 heavy (non-hydrogen) atoms. The minimum absolute atomic E-state index is 0.213. The number of hydrogen-bond donors (Lipinski definition) is 1. The number of hydrogen-bond acceptors (Lipinski definition) is 2. The van der Waals surface area contributed by atoms with Crippen molar-refractivity contribution in [2.45, 2.75) is 6.92 Å². The molecule has 0 saturated heterocycles. The van der Waals surface area contributed by atoms with Crippen LogP contribution in [-0.4, -0.2) is 22.6 Å². The minimum atomic E-state index is -0.320. The lowest BCUT2D eigenvalue weighted by atomic mass is 10.1. The fraction of sp³-hybridized carbons (Fsp3) is 0.125. The highest BCUT2D eigenvalue weighted by Gasteiger charge is 2.20. The molecule has 2 heterocycles. The number of aromatic nitrogens is 2. The van der Waals surface area contributed by atoms with Gasteiger partial charge in [-0.1, -0.05) is 0 Å². The van der Waals surface area contributed by atoms with Crippen LogP contribution in [0.25, 0.3) is 16.8 Å². The quantitative estimate of drug-likeness (QED) is 0.786. The molecular formula is C16H14FN3O. The van der Waals surface area contributed by atoms with Crippen molar-refractivity contribution in [1.29, 1.82) is 0 Å². The van der Waals surface area contributed by atoms with Gasteiger partial charge in [0.25, 0.3) is 5.91 Å². The number of nitrogens with one attached hydrogen (secondary N) is 1. The van der Waals surface area contributed by atoms with Crippen molar-refractivity contribution in [2.75, 3.05) is 7.05 Å². The van der Waals surface area contributed by atoms with Gasteiger partial charge in [0.15, 0.2) is 0 Å². The zero-order valence-corrected chi connectivity index (χ0v) is 11.7. The predicted octanol–water partition coefficient (Wildman–Crippen LogP) is 2.81. The molecule has 0 spiro atoms. The number of carbonyl (C=O) groups excluding carboxylic acids is 1. The Morgan fingerprint density at radius 1 is 1.24 bits per heavy atom. The van der Waals surface area contributed by atoms with Gasteiger partial charge in [0.2, 0.25) is 0 Å². The average molecular weight is 283 g/mol. The lowest BCUT2D eigenvalue weighted by molar-refractivity contribution is 0.0965. The molecule has 1 amide bonds. The van der Waals surface area contributed by atoms with E-state index in [4.69, 9.17) is 0 Å². The molecule has 1 aromatic carbocycles. The number of nitrogens with zero attached hydrogens (tertiary/aromatic N) is 2. The molecule has 0 fully saturated rings.